The summed E-state index contributed by atoms with van der Waals surface area (Å²) in [7, 11) is -0.437. The molecule has 0 aliphatic heterocycles. The van der Waals surface area contributed by atoms with Crippen molar-refractivity contribution in [3.05, 3.63) is 22.3 Å². The molecular weight excluding hydrogens is 320 g/mol. The first-order valence-corrected chi connectivity index (χ1v) is 11.8. The molecule has 0 spiro atoms. The third-order valence-corrected chi connectivity index (χ3v) is 6.16. The number of hydrogen-bond acceptors (Lipinski definition) is 3. The van der Waals surface area contributed by atoms with Crippen molar-refractivity contribution < 1.29 is 14.3 Å². The molecule has 0 N–H and O–H groups in total. The average molecular weight is 355 g/mol. The van der Waals surface area contributed by atoms with Crippen LogP contribution in [0.1, 0.15) is 47.0 Å². The molecule has 1 aliphatic carbocycles. The third-order valence-electron chi connectivity index (χ3n) is 4.65. The van der Waals surface area contributed by atoms with Gasteiger partial charge in [0, 0.05) is 35.5 Å². The van der Waals surface area contributed by atoms with E-state index in [0.29, 0.717) is 34.6 Å². The Labute approximate surface area is 149 Å². The summed E-state index contributed by atoms with van der Waals surface area (Å²) in [5.41, 5.74) is 2.53. The fraction of sp³-hybridized carbons (Fsp3) is 0.700. The van der Waals surface area contributed by atoms with Crippen LogP contribution in [0.15, 0.2) is 22.3 Å². The van der Waals surface area contributed by atoms with Crippen LogP contribution in [-0.2, 0) is 14.3 Å². The van der Waals surface area contributed by atoms with Crippen molar-refractivity contribution in [1.29, 1.82) is 0 Å². The first-order valence-electron chi connectivity index (χ1n) is 8.75. The highest BCUT2D eigenvalue weighted by molar-refractivity contribution is 8.32. The molecule has 1 rings (SSSR count). The molecule has 0 saturated heterocycles. The number of rotatable bonds is 9. The number of carbonyl (C=O) groups is 2. The second-order valence-electron chi connectivity index (χ2n) is 7.88. The molecule has 3 nitrogen and oxygen atoms in total. The van der Waals surface area contributed by atoms with Crippen LogP contribution in [0.3, 0.4) is 0 Å². The van der Waals surface area contributed by atoms with Gasteiger partial charge in [-0.15, -0.1) is 0 Å². The van der Waals surface area contributed by atoms with Gasteiger partial charge >= 0.3 is 0 Å². The second kappa shape index (κ2) is 9.00. The Morgan fingerprint density at radius 1 is 0.958 bits per heavy atom. The van der Waals surface area contributed by atoms with Gasteiger partial charge in [-0.2, -0.15) is 0 Å². The summed E-state index contributed by atoms with van der Waals surface area (Å²) in [4.78, 5) is 24.6. The topological polar surface area (TPSA) is 43.4 Å². The highest BCUT2D eigenvalue weighted by Gasteiger charge is 2.27. The zero-order valence-corrected chi connectivity index (χ0v) is 17.3. The normalized spacial score (nSPS) is 18.5. The summed E-state index contributed by atoms with van der Waals surface area (Å²) >= 11 is 0. The van der Waals surface area contributed by atoms with Gasteiger partial charge in [0.25, 0.3) is 0 Å². The number of carbonyl (C=O) groups excluding carboxylic acids is 2. The first-order chi connectivity index (χ1) is 11.0. The van der Waals surface area contributed by atoms with E-state index in [1.807, 2.05) is 0 Å². The monoisotopic (exact) mass is 354 g/mol. The van der Waals surface area contributed by atoms with Gasteiger partial charge in [-0.1, -0.05) is 6.92 Å². The number of allylic oxidation sites excluding steroid dienone is 4. The van der Waals surface area contributed by atoms with E-state index < -0.39 is 10.0 Å². The minimum Gasteiger partial charge on any atom is -0.381 e. The van der Waals surface area contributed by atoms with E-state index >= 15 is 0 Å². The summed E-state index contributed by atoms with van der Waals surface area (Å²) in [6.07, 6.45) is 9.64. The average Bonchev–Trinajstić information content (AvgIpc) is 2.49. The van der Waals surface area contributed by atoms with E-state index in [1.165, 1.54) is 5.75 Å². The molecule has 0 fully saturated rings. The van der Waals surface area contributed by atoms with Crippen LogP contribution in [-0.4, -0.2) is 49.3 Å². The van der Waals surface area contributed by atoms with Gasteiger partial charge in [-0.25, -0.2) is 10.0 Å². The predicted molar refractivity (Wildman–Crippen MR) is 105 cm³/mol. The Bertz CT molecular complexity index is 550. The molecule has 0 saturated carbocycles. The lowest BCUT2D eigenvalue weighted by atomic mass is 9.83. The van der Waals surface area contributed by atoms with E-state index in [2.05, 4.69) is 25.7 Å². The van der Waals surface area contributed by atoms with Gasteiger partial charge in [0.15, 0.2) is 11.6 Å². The lowest BCUT2D eigenvalue weighted by Gasteiger charge is -2.25. The Morgan fingerprint density at radius 2 is 1.54 bits per heavy atom. The van der Waals surface area contributed by atoms with Gasteiger partial charge in [-0.05, 0) is 70.5 Å². The zero-order valence-electron chi connectivity index (χ0n) is 16.5. The van der Waals surface area contributed by atoms with Crippen LogP contribution in [0.25, 0.3) is 0 Å². The summed E-state index contributed by atoms with van der Waals surface area (Å²) < 4.78 is 5.78. The van der Waals surface area contributed by atoms with Crippen LogP contribution in [0.5, 0.6) is 0 Å². The molecule has 0 aromatic carbocycles. The fourth-order valence-corrected chi connectivity index (χ4v) is 3.79. The smallest absolute Gasteiger partial charge is 0.185 e. The lowest BCUT2D eigenvalue weighted by Crippen LogP contribution is -2.21. The predicted octanol–water partition coefficient (Wildman–Crippen LogP) is 4.31. The number of ether oxygens (including phenoxy) is 1. The molecule has 4 heteroatoms. The zero-order chi connectivity index (χ0) is 18.5. The molecule has 1 aliphatic rings. The van der Waals surface area contributed by atoms with Crippen LogP contribution in [0.2, 0.25) is 0 Å². The summed E-state index contributed by atoms with van der Waals surface area (Å²) in [6.45, 7) is 8.96. The van der Waals surface area contributed by atoms with Crippen molar-refractivity contribution >= 4 is 21.6 Å². The number of ketones is 2. The maximum Gasteiger partial charge on any atom is 0.185 e. The highest BCUT2D eigenvalue weighted by atomic mass is 32.3. The summed E-state index contributed by atoms with van der Waals surface area (Å²) in [5, 5.41) is 0. The Hall–Kier alpha value is -0.870. The fourth-order valence-electron chi connectivity index (χ4n) is 2.81. The maximum absolute atomic E-state index is 12.4. The SMILES string of the molecule is CC1=C(C)C(=O)C(CC[C@H](C)COCCCS(C)(C)C)=C(C)C1=O. The van der Waals surface area contributed by atoms with E-state index in [0.717, 1.165) is 26.1 Å². The van der Waals surface area contributed by atoms with Crippen LogP contribution in [0, 0.1) is 5.92 Å². The number of Topliss-reactive ketones (excluding diaryl/α,β-unsaturated/α-hetero) is 2. The van der Waals surface area contributed by atoms with Crippen LogP contribution < -0.4 is 0 Å². The Morgan fingerprint density at radius 3 is 2.12 bits per heavy atom. The molecule has 0 aromatic rings. The van der Waals surface area contributed by atoms with E-state index in [1.54, 1.807) is 20.8 Å². The minimum absolute atomic E-state index is 0.0238. The second-order valence-corrected chi connectivity index (χ2v) is 12.5. The molecule has 0 unspecified atom stereocenters. The minimum atomic E-state index is -0.437. The quantitative estimate of drug-likeness (QED) is 0.458. The van der Waals surface area contributed by atoms with Gasteiger partial charge in [0.2, 0.25) is 0 Å². The van der Waals surface area contributed by atoms with Crippen molar-refractivity contribution in [2.75, 3.05) is 37.7 Å². The van der Waals surface area contributed by atoms with E-state index in [-0.39, 0.29) is 11.6 Å². The van der Waals surface area contributed by atoms with Crippen molar-refractivity contribution in [3.8, 4) is 0 Å². The van der Waals surface area contributed by atoms with Crippen molar-refractivity contribution in [1.82, 2.24) is 0 Å². The third kappa shape index (κ3) is 6.21. The largest absolute Gasteiger partial charge is 0.381 e. The molecule has 0 amide bonds. The molecule has 24 heavy (non-hydrogen) atoms. The van der Waals surface area contributed by atoms with E-state index in [9.17, 15) is 9.59 Å². The molecular formula is C20H34O3S. The van der Waals surface area contributed by atoms with Crippen molar-refractivity contribution in [3.63, 3.8) is 0 Å². The number of hydrogen-bond donors (Lipinski definition) is 0. The Kier molecular flexibility index (Phi) is 7.94. The highest BCUT2D eigenvalue weighted by Crippen LogP contribution is 2.34. The van der Waals surface area contributed by atoms with Crippen LogP contribution in [0.4, 0.5) is 0 Å². The van der Waals surface area contributed by atoms with Crippen molar-refractivity contribution in [2.45, 2.75) is 47.0 Å². The standard InChI is InChI=1S/C20H34O3S/c1-14(13-23-11-8-12-24(5,6)7)9-10-18-17(4)19(21)15(2)16(3)20(18)22/h14H,8-13H2,1-7H3/t14-/m0/s1. The van der Waals surface area contributed by atoms with Gasteiger partial charge in [0.05, 0.1) is 0 Å². The molecule has 0 bridgehead atoms. The molecule has 0 aromatic heterocycles. The maximum atomic E-state index is 12.4. The summed E-state index contributed by atoms with van der Waals surface area (Å²) in [5.74, 6) is 1.71. The summed E-state index contributed by atoms with van der Waals surface area (Å²) in [6, 6.07) is 0. The lowest BCUT2D eigenvalue weighted by molar-refractivity contribution is -0.116. The van der Waals surface area contributed by atoms with Crippen LogP contribution >= 0.6 is 10.0 Å². The molecule has 138 valence electrons. The molecule has 1 atom stereocenters. The Balaban J connectivity index is 2.40. The van der Waals surface area contributed by atoms with Gasteiger partial charge in [-0.3, -0.25) is 9.59 Å². The van der Waals surface area contributed by atoms with Crippen molar-refractivity contribution in [2.24, 2.45) is 5.92 Å². The van der Waals surface area contributed by atoms with E-state index in [4.69, 9.17) is 4.74 Å². The first kappa shape index (κ1) is 21.2. The van der Waals surface area contributed by atoms with Gasteiger partial charge < -0.3 is 4.74 Å². The van der Waals surface area contributed by atoms with Gasteiger partial charge in [0.1, 0.15) is 0 Å². The molecule has 0 heterocycles. The molecule has 0 radical (unpaired) electrons.